The molecule has 1 aromatic rings. The third kappa shape index (κ3) is 4.61. The Balaban J connectivity index is 2.63. The second-order valence-electron chi connectivity index (χ2n) is 4.71. The molecule has 0 saturated carbocycles. The lowest BCUT2D eigenvalue weighted by molar-refractivity contribution is -0.131. The number of carbonyl (C=O) groups excluding carboxylic acids is 1. The summed E-state index contributed by atoms with van der Waals surface area (Å²) in [5.74, 6) is 0.589. The van der Waals surface area contributed by atoms with Crippen LogP contribution in [0.4, 0.5) is 0 Å². The molecule has 1 aromatic carbocycles. The summed E-state index contributed by atoms with van der Waals surface area (Å²) in [6.45, 7) is 6.73. The number of hydrogen-bond donors (Lipinski definition) is 0. The van der Waals surface area contributed by atoms with E-state index < -0.39 is 0 Å². The molecule has 0 bridgehead atoms. The van der Waals surface area contributed by atoms with Crippen molar-refractivity contribution in [3.8, 4) is 0 Å². The normalized spacial score (nSPS) is 14.2. The molecule has 100 valence electrons. The van der Waals surface area contributed by atoms with Crippen LogP contribution in [-0.2, 0) is 9.53 Å². The van der Waals surface area contributed by atoms with Gasteiger partial charge in [-0.15, -0.1) is 0 Å². The maximum absolute atomic E-state index is 12.0. The molecule has 1 rings (SSSR count). The van der Waals surface area contributed by atoms with Crippen molar-refractivity contribution in [1.82, 2.24) is 0 Å². The summed E-state index contributed by atoms with van der Waals surface area (Å²) in [7, 11) is 0. The first kappa shape index (κ1) is 14.9. The van der Waals surface area contributed by atoms with E-state index in [4.69, 9.17) is 4.74 Å². The van der Waals surface area contributed by atoms with Crippen LogP contribution in [0.2, 0.25) is 0 Å². The SMILES string of the molecule is CCCC(=O)C(CC(C)c1ccccc1)OCC. The highest BCUT2D eigenvalue weighted by molar-refractivity contribution is 5.83. The first-order valence-corrected chi connectivity index (χ1v) is 6.88. The maximum Gasteiger partial charge on any atom is 0.161 e. The minimum Gasteiger partial charge on any atom is -0.371 e. The zero-order valence-corrected chi connectivity index (χ0v) is 11.7. The number of ketones is 1. The number of hydrogen-bond acceptors (Lipinski definition) is 2. The predicted molar refractivity (Wildman–Crippen MR) is 74.8 cm³/mol. The average molecular weight is 248 g/mol. The van der Waals surface area contributed by atoms with Crippen LogP contribution in [0, 0.1) is 0 Å². The van der Waals surface area contributed by atoms with E-state index in [1.54, 1.807) is 0 Å². The van der Waals surface area contributed by atoms with Crippen LogP contribution < -0.4 is 0 Å². The molecular weight excluding hydrogens is 224 g/mol. The highest BCUT2D eigenvalue weighted by Crippen LogP contribution is 2.22. The smallest absolute Gasteiger partial charge is 0.161 e. The van der Waals surface area contributed by atoms with Gasteiger partial charge in [0.25, 0.3) is 0 Å². The Hall–Kier alpha value is -1.15. The highest BCUT2D eigenvalue weighted by atomic mass is 16.5. The molecule has 0 fully saturated rings. The van der Waals surface area contributed by atoms with Gasteiger partial charge in [-0.25, -0.2) is 0 Å². The van der Waals surface area contributed by atoms with E-state index in [-0.39, 0.29) is 11.9 Å². The van der Waals surface area contributed by atoms with Crippen LogP contribution in [0.15, 0.2) is 30.3 Å². The van der Waals surface area contributed by atoms with Gasteiger partial charge in [0.1, 0.15) is 6.10 Å². The Kier molecular flexibility index (Phi) is 6.66. The van der Waals surface area contributed by atoms with Crippen molar-refractivity contribution in [2.45, 2.75) is 52.1 Å². The van der Waals surface area contributed by atoms with E-state index in [9.17, 15) is 4.79 Å². The topological polar surface area (TPSA) is 26.3 Å². The van der Waals surface area contributed by atoms with E-state index in [2.05, 4.69) is 19.1 Å². The molecule has 0 radical (unpaired) electrons. The van der Waals surface area contributed by atoms with Crippen molar-refractivity contribution >= 4 is 5.78 Å². The summed E-state index contributed by atoms with van der Waals surface area (Å²) < 4.78 is 5.60. The molecule has 2 heteroatoms. The summed E-state index contributed by atoms with van der Waals surface area (Å²) in [6, 6.07) is 10.3. The molecule has 2 atom stereocenters. The number of carbonyl (C=O) groups is 1. The van der Waals surface area contributed by atoms with Crippen LogP contribution in [0.3, 0.4) is 0 Å². The fourth-order valence-corrected chi connectivity index (χ4v) is 2.14. The Morgan fingerprint density at radius 3 is 2.44 bits per heavy atom. The van der Waals surface area contributed by atoms with Crippen LogP contribution in [-0.4, -0.2) is 18.5 Å². The number of rotatable bonds is 8. The van der Waals surface area contributed by atoms with Crippen LogP contribution in [0.5, 0.6) is 0 Å². The van der Waals surface area contributed by atoms with Crippen LogP contribution in [0.1, 0.15) is 51.5 Å². The minimum atomic E-state index is -0.245. The van der Waals surface area contributed by atoms with Crippen LogP contribution >= 0.6 is 0 Å². The third-order valence-corrected chi connectivity index (χ3v) is 3.16. The first-order valence-electron chi connectivity index (χ1n) is 6.88. The van der Waals surface area contributed by atoms with Crippen molar-refractivity contribution in [2.75, 3.05) is 6.61 Å². The Labute approximate surface area is 110 Å². The lowest BCUT2D eigenvalue weighted by Crippen LogP contribution is -2.26. The minimum absolute atomic E-state index is 0.238. The summed E-state index contributed by atoms with van der Waals surface area (Å²) in [5.41, 5.74) is 1.27. The molecular formula is C16H24O2. The average Bonchev–Trinajstić information content (AvgIpc) is 2.39. The lowest BCUT2D eigenvalue weighted by Gasteiger charge is -2.20. The number of ether oxygens (including phenoxy) is 1. The fraction of sp³-hybridized carbons (Fsp3) is 0.562. The number of Topliss-reactive ketones (excluding diaryl/α,β-unsaturated/α-hetero) is 1. The lowest BCUT2D eigenvalue weighted by atomic mass is 9.92. The van der Waals surface area contributed by atoms with Crippen molar-refractivity contribution in [1.29, 1.82) is 0 Å². The van der Waals surface area contributed by atoms with E-state index in [0.29, 0.717) is 18.9 Å². The fourth-order valence-electron chi connectivity index (χ4n) is 2.14. The molecule has 0 saturated heterocycles. The van der Waals surface area contributed by atoms with Crippen LogP contribution in [0.25, 0.3) is 0 Å². The van der Waals surface area contributed by atoms with Gasteiger partial charge in [0.05, 0.1) is 0 Å². The molecule has 0 aliphatic carbocycles. The van der Waals surface area contributed by atoms with E-state index in [1.165, 1.54) is 5.56 Å². The van der Waals surface area contributed by atoms with Crippen molar-refractivity contribution in [2.24, 2.45) is 0 Å². The standard InChI is InChI=1S/C16H24O2/c1-4-9-15(17)16(18-5-2)12-13(3)14-10-7-6-8-11-14/h6-8,10-11,13,16H,4-5,9,12H2,1-3H3. The third-order valence-electron chi connectivity index (χ3n) is 3.16. The van der Waals surface area contributed by atoms with Gasteiger partial charge in [-0.3, -0.25) is 4.79 Å². The molecule has 0 aliphatic heterocycles. The molecule has 2 unspecified atom stereocenters. The molecule has 0 amide bonds. The maximum atomic E-state index is 12.0. The van der Waals surface area contributed by atoms with Gasteiger partial charge in [0.15, 0.2) is 5.78 Å². The Morgan fingerprint density at radius 2 is 1.89 bits per heavy atom. The van der Waals surface area contributed by atoms with Gasteiger partial charge in [-0.05, 0) is 31.2 Å². The molecule has 0 heterocycles. The molecule has 0 aromatic heterocycles. The summed E-state index contributed by atoms with van der Waals surface area (Å²) in [4.78, 5) is 12.0. The highest BCUT2D eigenvalue weighted by Gasteiger charge is 2.21. The largest absolute Gasteiger partial charge is 0.371 e. The Bertz CT molecular complexity index is 345. The molecule has 18 heavy (non-hydrogen) atoms. The van der Waals surface area contributed by atoms with Crippen molar-refractivity contribution in [3.63, 3.8) is 0 Å². The summed E-state index contributed by atoms with van der Waals surface area (Å²) in [5, 5.41) is 0. The predicted octanol–water partition coefficient (Wildman–Crippen LogP) is 3.95. The summed E-state index contributed by atoms with van der Waals surface area (Å²) >= 11 is 0. The monoisotopic (exact) mass is 248 g/mol. The Morgan fingerprint density at radius 1 is 1.22 bits per heavy atom. The quantitative estimate of drug-likeness (QED) is 0.696. The van der Waals surface area contributed by atoms with Crippen molar-refractivity contribution < 1.29 is 9.53 Å². The number of benzene rings is 1. The molecule has 0 N–H and O–H groups in total. The van der Waals surface area contributed by atoms with Gasteiger partial charge in [0, 0.05) is 13.0 Å². The van der Waals surface area contributed by atoms with Gasteiger partial charge in [-0.1, -0.05) is 44.2 Å². The van der Waals surface area contributed by atoms with E-state index >= 15 is 0 Å². The van der Waals surface area contributed by atoms with E-state index in [1.807, 2.05) is 32.0 Å². The molecule has 0 aliphatic rings. The summed E-state index contributed by atoms with van der Waals surface area (Å²) in [6.07, 6.45) is 2.04. The van der Waals surface area contributed by atoms with Gasteiger partial charge < -0.3 is 4.74 Å². The van der Waals surface area contributed by atoms with Gasteiger partial charge in [-0.2, -0.15) is 0 Å². The van der Waals surface area contributed by atoms with Crippen molar-refractivity contribution in [3.05, 3.63) is 35.9 Å². The van der Waals surface area contributed by atoms with Gasteiger partial charge in [0.2, 0.25) is 0 Å². The second-order valence-corrected chi connectivity index (χ2v) is 4.71. The van der Waals surface area contributed by atoms with Gasteiger partial charge >= 0.3 is 0 Å². The molecule has 0 spiro atoms. The first-order chi connectivity index (χ1) is 8.69. The zero-order valence-electron chi connectivity index (χ0n) is 11.7. The second kappa shape index (κ2) is 8.04. The van der Waals surface area contributed by atoms with E-state index in [0.717, 1.165) is 12.8 Å². The zero-order chi connectivity index (χ0) is 13.4. The molecule has 2 nitrogen and oxygen atoms in total.